The van der Waals surface area contributed by atoms with Crippen molar-refractivity contribution in [3.63, 3.8) is 0 Å². The van der Waals surface area contributed by atoms with E-state index in [1.807, 2.05) is 22.6 Å². The number of carboxylic acids is 1. The predicted molar refractivity (Wildman–Crippen MR) is 50.5 cm³/mol. The molecular weight excluding hydrogens is 273 g/mol. The highest BCUT2D eigenvalue weighted by Crippen LogP contribution is 2.21. The van der Waals surface area contributed by atoms with Gasteiger partial charge in [0.1, 0.15) is 5.56 Å². The number of ether oxygens (including phenoxy) is 1. The van der Waals surface area contributed by atoms with Gasteiger partial charge in [-0.1, -0.05) is 0 Å². The number of carbonyl (C=O) groups is 1. The lowest BCUT2D eigenvalue weighted by atomic mass is 10.2. The molecule has 0 radical (unpaired) electrons. The number of rotatable bonds is 2. The van der Waals surface area contributed by atoms with E-state index >= 15 is 0 Å². The lowest BCUT2D eigenvalue weighted by Gasteiger charge is -2.04. The fourth-order valence-electron chi connectivity index (χ4n) is 0.780. The Bertz CT molecular complexity index is 314. The summed E-state index contributed by atoms with van der Waals surface area (Å²) >= 11 is 1.90. The summed E-state index contributed by atoms with van der Waals surface area (Å²) in [7, 11) is 1.42. The normalized spacial score (nSPS) is 9.50. The monoisotopic (exact) mass is 279 g/mol. The fourth-order valence-corrected chi connectivity index (χ4v) is 1.44. The minimum atomic E-state index is -1.00. The molecule has 0 atom stereocenters. The summed E-state index contributed by atoms with van der Waals surface area (Å²) in [6.07, 6.45) is 2.86. The number of carboxylic acid groups (broad SMARTS) is 1. The Morgan fingerprint density at radius 1 is 1.67 bits per heavy atom. The van der Waals surface area contributed by atoms with E-state index in [9.17, 15) is 4.79 Å². The molecule has 1 heterocycles. The van der Waals surface area contributed by atoms with Gasteiger partial charge >= 0.3 is 5.97 Å². The van der Waals surface area contributed by atoms with Crippen LogP contribution in [0.3, 0.4) is 0 Å². The van der Waals surface area contributed by atoms with Crippen LogP contribution in [0.2, 0.25) is 0 Å². The van der Waals surface area contributed by atoms with Crippen LogP contribution >= 0.6 is 22.6 Å². The molecule has 0 saturated heterocycles. The molecule has 1 N–H and O–H groups in total. The summed E-state index contributed by atoms with van der Waals surface area (Å²) in [5.74, 6) is -0.715. The molecule has 0 amide bonds. The van der Waals surface area contributed by atoms with E-state index in [1.54, 1.807) is 0 Å². The van der Waals surface area contributed by atoms with E-state index in [1.165, 1.54) is 19.5 Å². The SMILES string of the molecule is COc1cncc(I)c1C(=O)O. The van der Waals surface area contributed by atoms with Gasteiger partial charge in [-0.2, -0.15) is 0 Å². The zero-order chi connectivity index (χ0) is 9.14. The molecule has 5 heteroatoms. The standard InChI is InChI=1S/C7H6INO3/c1-12-5-3-9-2-4(8)6(5)7(10)11/h2-3H,1H3,(H,10,11). The maximum Gasteiger partial charge on any atom is 0.340 e. The van der Waals surface area contributed by atoms with Crippen molar-refractivity contribution in [3.05, 3.63) is 21.5 Å². The van der Waals surface area contributed by atoms with Gasteiger partial charge in [0.05, 0.1) is 13.3 Å². The van der Waals surface area contributed by atoms with E-state index in [-0.39, 0.29) is 11.3 Å². The topological polar surface area (TPSA) is 59.4 Å². The lowest BCUT2D eigenvalue weighted by molar-refractivity contribution is 0.0692. The quantitative estimate of drug-likeness (QED) is 0.831. The van der Waals surface area contributed by atoms with E-state index in [2.05, 4.69) is 4.98 Å². The molecular formula is C7H6INO3. The highest BCUT2D eigenvalue weighted by atomic mass is 127. The van der Waals surface area contributed by atoms with Crippen molar-refractivity contribution in [2.24, 2.45) is 0 Å². The molecule has 12 heavy (non-hydrogen) atoms. The van der Waals surface area contributed by atoms with Crippen LogP contribution in [0.5, 0.6) is 5.75 Å². The summed E-state index contributed by atoms with van der Waals surface area (Å²) in [6.45, 7) is 0. The molecule has 0 unspecified atom stereocenters. The summed E-state index contributed by atoms with van der Waals surface area (Å²) in [5.41, 5.74) is 0.160. The Kier molecular flexibility index (Phi) is 2.85. The summed E-state index contributed by atoms with van der Waals surface area (Å²) in [6, 6.07) is 0. The van der Waals surface area contributed by atoms with Gasteiger partial charge in [-0.25, -0.2) is 4.79 Å². The van der Waals surface area contributed by atoms with Gasteiger partial charge in [0.15, 0.2) is 5.75 Å². The summed E-state index contributed by atoms with van der Waals surface area (Å²) < 4.78 is 5.41. The van der Waals surface area contributed by atoms with Crippen LogP contribution in [0, 0.1) is 3.57 Å². The highest BCUT2D eigenvalue weighted by Gasteiger charge is 2.14. The number of hydrogen-bond acceptors (Lipinski definition) is 3. The van der Waals surface area contributed by atoms with E-state index in [0.717, 1.165) is 0 Å². The van der Waals surface area contributed by atoms with E-state index in [0.29, 0.717) is 3.57 Å². The molecule has 0 bridgehead atoms. The first kappa shape index (κ1) is 9.24. The maximum atomic E-state index is 10.7. The predicted octanol–water partition coefficient (Wildman–Crippen LogP) is 1.39. The molecule has 64 valence electrons. The van der Waals surface area contributed by atoms with Crippen LogP contribution in [-0.2, 0) is 0 Å². The third kappa shape index (κ3) is 1.66. The van der Waals surface area contributed by atoms with Gasteiger partial charge in [0.2, 0.25) is 0 Å². The summed E-state index contributed by atoms with van der Waals surface area (Å²) in [4.78, 5) is 14.5. The average molecular weight is 279 g/mol. The molecule has 1 aromatic heterocycles. The van der Waals surface area contributed by atoms with Crippen molar-refractivity contribution in [2.75, 3.05) is 7.11 Å². The number of halogens is 1. The lowest BCUT2D eigenvalue weighted by Crippen LogP contribution is -2.03. The number of hydrogen-bond donors (Lipinski definition) is 1. The zero-order valence-corrected chi connectivity index (χ0v) is 8.40. The van der Waals surface area contributed by atoms with Crippen LogP contribution < -0.4 is 4.74 Å². The van der Waals surface area contributed by atoms with Crippen LogP contribution in [0.4, 0.5) is 0 Å². The molecule has 1 aromatic rings. The second kappa shape index (κ2) is 3.70. The van der Waals surface area contributed by atoms with Gasteiger partial charge in [0.25, 0.3) is 0 Å². The van der Waals surface area contributed by atoms with Gasteiger partial charge in [-0.05, 0) is 22.6 Å². The molecule has 0 saturated carbocycles. The molecule has 0 aromatic carbocycles. The number of methoxy groups -OCH3 is 1. The second-order valence-corrected chi connectivity index (χ2v) is 3.17. The maximum absolute atomic E-state index is 10.7. The third-order valence-corrected chi connectivity index (χ3v) is 2.12. The number of nitrogens with zero attached hydrogens (tertiary/aromatic N) is 1. The van der Waals surface area contributed by atoms with E-state index < -0.39 is 5.97 Å². The van der Waals surface area contributed by atoms with Crippen LogP contribution in [-0.4, -0.2) is 23.2 Å². The second-order valence-electron chi connectivity index (χ2n) is 2.00. The molecule has 0 aliphatic heterocycles. The Balaban J connectivity index is 3.29. The van der Waals surface area contributed by atoms with Crippen molar-refractivity contribution in [1.29, 1.82) is 0 Å². The molecule has 1 rings (SSSR count). The van der Waals surface area contributed by atoms with Crippen LogP contribution in [0.1, 0.15) is 10.4 Å². The molecule has 0 aliphatic carbocycles. The smallest absolute Gasteiger partial charge is 0.340 e. The average Bonchev–Trinajstić information content (AvgIpc) is 2.03. The fraction of sp³-hybridized carbons (Fsp3) is 0.143. The number of pyridine rings is 1. The first-order valence-corrected chi connectivity index (χ1v) is 4.15. The molecule has 0 spiro atoms. The van der Waals surface area contributed by atoms with Crippen molar-refractivity contribution in [2.45, 2.75) is 0 Å². The largest absolute Gasteiger partial charge is 0.494 e. The molecule has 4 nitrogen and oxygen atoms in total. The first-order chi connectivity index (χ1) is 5.66. The number of aromatic nitrogens is 1. The molecule has 0 aliphatic rings. The van der Waals surface area contributed by atoms with E-state index in [4.69, 9.17) is 9.84 Å². The minimum absolute atomic E-state index is 0.160. The zero-order valence-electron chi connectivity index (χ0n) is 6.24. The third-order valence-electron chi connectivity index (χ3n) is 1.30. The minimum Gasteiger partial charge on any atom is -0.494 e. The van der Waals surface area contributed by atoms with Crippen molar-refractivity contribution in [3.8, 4) is 5.75 Å². The molecule has 0 fully saturated rings. The first-order valence-electron chi connectivity index (χ1n) is 3.07. The Morgan fingerprint density at radius 3 is 2.75 bits per heavy atom. The van der Waals surface area contributed by atoms with Crippen molar-refractivity contribution in [1.82, 2.24) is 4.98 Å². The Morgan fingerprint density at radius 2 is 2.33 bits per heavy atom. The van der Waals surface area contributed by atoms with Gasteiger partial charge < -0.3 is 9.84 Å². The van der Waals surface area contributed by atoms with Crippen LogP contribution in [0.15, 0.2) is 12.4 Å². The Labute approximate surface area is 82.7 Å². The van der Waals surface area contributed by atoms with Crippen LogP contribution in [0.25, 0.3) is 0 Å². The summed E-state index contributed by atoms with van der Waals surface area (Å²) in [5, 5.41) is 8.77. The van der Waals surface area contributed by atoms with Gasteiger partial charge in [0, 0.05) is 9.77 Å². The van der Waals surface area contributed by atoms with Crippen molar-refractivity contribution < 1.29 is 14.6 Å². The Hall–Kier alpha value is -0.850. The highest BCUT2D eigenvalue weighted by molar-refractivity contribution is 14.1. The van der Waals surface area contributed by atoms with Gasteiger partial charge in [-0.15, -0.1) is 0 Å². The van der Waals surface area contributed by atoms with Gasteiger partial charge in [-0.3, -0.25) is 4.98 Å². The van der Waals surface area contributed by atoms with Crippen molar-refractivity contribution >= 4 is 28.6 Å². The number of aromatic carboxylic acids is 1.